The first-order valence-corrected chi connectivity index (χ1v) is 6.69. The predicted molar refractivity (Wildman–Crippen MR) is 72.3 cm³/mol. The second-order valence-electron chi connectivity index (χ2n) is 4.97. The third kappa shape index (κ3) is 2.78. The highest BCUT2D eigenvalue weighted by Crippen LogP contribution is 2.24. The van der Waals surface area contributed by atoms with E-state index in [1.165, 1.54) is 24.8 Å². The Hall–Kier alpha value is -1.09. The van der Waals surface area contributed by atoms with Crippen molar-refractivity contribution < 1.29 is 0 Å². The Bertz CT molecular complexity index is 370. The largest absolute Gasteiger partial charge is 0.356 e. The van der Waals surface area contributed by atoms with E-state index in [1.54, 1.807) is 0 Å². The van der Waals surface area contributed by atoms with Crippen LogP contribution in [0, 0.1) is 6.92 Å². The molecule has 17 heavy (non-hydrogen) atoms. The zero-order valence-electron chi connectivity index (χ0n) is 10.9. The van der Waals surface area contributed by atoms with Crippen LogP contribution in [0.15, 0.2) is 12.3 Å². The van der Waals surface area contributed by atoms with Crippen molar-refractivity contribution in [2.75, 3.05) is 18.0 Å². The number of hydrogen-bond donors (Lipinski definition) is 1. The van der Waals surface area contributed by atoms with Gasteiger partial charge in [0.2, 0.25) is 0 Å². The van der Waals surface area contributed by atoms with Gasteiger partial charge in [-0.05, 0) is 49.8 Å². The van der Waals surface area contributed by atoms with Gasteiger partial charge in [0.05, 0.1) is 0 Å². The quantitative estimate of drug-likeness (QED) is 0.873. The Morgan fingerprint density at radius 3 is 2.65 bits per heavy atom. The smallest absolute Gasteiger partial charge is 0.131 e. The van der Waals surface area contributed by atoms with Crippen molar-refractivity contribution >= 4 is 5.82 Å². The molecular weight excluding hydrogens is 210 g/mol. The van der Waals surface area contributed by atoms with E-state index in [2.05, 4.69) is 29.8 Å². The molecule has 0 spiro atoms. The Labute approximate surface area is 104 Å². The number of hydrogen-bond acceptors (Lipinski definition) is 3. The van der Waals surface area contributed by atoms with E-state index >= 15 is 0 Å². The minimum absolute atomic E-state index is 0.122. The van der Waals surface area contributed by atoms with Gasteiger partial charge in [-0.3, -0.25) is 0 Å². The normalized spacial score (nSPS) is 18.2. The molecule has 0 aliphatic carbocycles. The molecule has 2 N–H and O–H groups in total. The summed E-state index contributed by atoms with van der Waals surface area (Å²) in [4.78, 5) is 7.02. The highest BCUT2D eigenvalue weighted by atomic mass is 15.2. The molecular formula is C14H23N3. The molecule has 2 rings (SSSR count). The van der Waals surface area contributed by atoms with Crippen molar-refractivity contribution in [2.45, 2.75) is 45.6 Å². The average Bonchev–Trinajstić information content (AvgIpc) is 2.38. The molecule has 0 bridgehead atoms. The lowest BCUT2D eigenvalue weighted by atomic mass is 10.0. The van der Waals surface area contributed by atoms with Crippen molar-refractivity contribution in [2.24, 2.45) is 5.73 Å². The van der Waals surface area contributed by atoms with Crippen molar-refractivity contribution in [3.8, 4) is 0 Å². The number of nitrogens with zero attached hydrogens (tertiary/aromatic N) is 2. The summed E-state index contributed by atoms with van der Waals surface area (Å²) in [6, 6.07) is 2.32. The van der Waals surface area contributed by atoms with Gasteiger partial charge in [-0.2, -0.15) is 0 Å². The average molecular weight is 233 g/mol. The van der Waals surface area contributed by atoms with Crippen molar-refractivity contribution in [1.82, 2.24) is 4.98 Å². The number of nitrogens with two attached hydrogens (primary N) is 1. The Kier molecular flexibility index (Phi) is 4.00. The molecule has 1 aromatic heterocycles. The zero-order valence-corrected chi connectivity index (χ0v) is 10.9. The van der Waals surface area contributed by atoms with Gasteiger partial charge >= 0.3 is 0 Å². The monoisotopic (exact) mass is 233 g/mol. The number of rotatable bonds is 3. The second kappa shape index (κ2) is 5.50. The predicted octanol–water partition coefficient (Wildman–Crippen LogP) is 2.79. The maximum atomic E-state index is 6.04. The van der Waals surface area contributed by atoms with Crippen molar-refractivity contribution in [1.29, 1.82) is 0 Å². The molecule has 0 radical (unpaired) electrons. The van der Waals surface area contributed by atoms with Gasteiger partial charge in [0, 0.05) is 25.3 Å². The Balaban J connectivity index is 2.18. The molecule has 3 nitrogen and oxygen atoms in total. The van der Waals surface area contributed by atoms with Gasteiger partial charge in [-0.25, -0.2) is 4.98 Å². The Morgan fingerprint density at radius 2 is 2.06 bits per heavy atom. The van der Waals surface area contributed by atoms with Crippen LogP contribution in [-0.4, -0.2) is 18.1 Å². The highest BCUT2D eigenvalue weighted by Gasteiger charge is 2.15. The number of anilines is 1. The van der Waals surface area contributed by atoms with Gasteiger partial charge in [0.25, 0.3) is 0 Å². The summed E-state index contributed by atoms with van der Waals surface area (Å²) in [5, 5.41) is 0. The standard InChI is InChI=1S/C14H23N3/c1-3-13(15)12-9-11(2)14(16-10-12)17-7-5-4-6-8-17/h9-10,13H,3-8,15H2,1-2H3/t13-/m1/s1. The fourth-order valence-corrected chi connectivity index (χ4v) is 2.46. The third-order valence-corrected chi connectivity index (χ3v) is 3.60. The number of aryl methyl sites for hydroxylation is 1. The molecule has 0 aromatic carbocycles. The SMILES string of the molecule is CC[C@@H](N)c1cnc(N2CCCCC2)c(C)c1. The van der Waals surface area contributed by atoms with Crippen molar-refractivity contribution in [3.63, 3.8) is 0 Å². The molecule has 1 saturated heterocycles. The van der Waals surface area contributed by atoms with E-state index < -0.39 is 0 Å². The van der Waals surface area contributed by atoms with Crippen LogP contribution in [0.5, 0.6) is 0 Å². The van der Waals surface area contributed by atoms with E-state index in [0.29, 0.717) is 0 Å². The summed E-state index contributed by atoms with van der Waals surface area (Å²) in [6.07, 6.45) is 6.85. The molecule has 1 fully saturated rings. The summed E-state index contributed by atoms with van der Waals surface area (Å²) >= 11 is 0. The number of pyridine rings is 1. The van der Waals surface area contributed by atoms with E-state index in [1.807, 2.05) is 6.20 Å². The molecule has 2 heterocycles. The number of piperidine rings is 1. The lowest BCUT2D eigenvalue weighted by Gasteiger charge is -2.29. The maximum absolute atomic E-state index is 6.04. The molecule has 1 aromatic rings. The summed E-state index contributed by atoms with van der Waals surface area (Å²) < 4.78 is 0. The summed E-state index contributed by atoms with van der Waals surface area (Å²) in [5.74, 6) is 1.15. The van der Waals surface area contributed by atoms with Gasteiger partial charge < -0.3 is 10.6 Å². The van der Waals surface area contributed by atoms with E-state index in [9.17, 15) is 0 Å². The zero-order chi connectivity index (χ0) is 12.3. The van der Waals surface area contributed by atoms with Crippen LogP contribution in [0.25, 0.3) is 0 Å². The van der Waals surface area contributed by atoms with Gasteiger partial charge in [-0.15, -0.1) is 0 Å². The Morgan fingerprint density at radius 1 is 1.35 bits per heavy atom. The van der Waals surface area contributed by atoms with E-state index in [-0.39, 0.29) is 6.04 Å². The fourth-order valence-electron chi connectivity index (χ4n) is 2.46. The molecule has 1 aliphatic heterocycles. The summed E-state index contributed by atoms with van der Waals surface area (Å²) in [6.45, 7) is 6.54. The topological polar surface area (TPSA) is 42.1 Å². The summed E-state index contributed by atoms with van der Waals surface area (Å²) in [5.41, 5.74) is 8.45. The number of aromatic nitrogens is 1. The fraction of sp³-hybridized carbons (Fsp3) is 0.643. The summed E-state index contributed by atoms with van der Waals surface area (Å²) in [7, 11) is 0. The second-order valence-corrected chi connectivity index (χ2v) is 4.97. The maximum Gasteiger partial charge on any atom is 0.131 e. The molecule has 0 unspecified atom stereocenters. The minimum atomic E-state index is 0.122. The molecule has 1 aliphatic rings. The van der Waals surface area contributed by atoms with E-state index in [0.717, 1.165) is 30.9 Å². The molecule has 1 atom stereocenters. The van der Waals surface area contributed by atoms with E-state index in [4.69, 9.17) is 5.73 Å². The lowest BCUT2D eigenvalue weighted by molar-refractivity contribution is 0.572. The molecule has 3 heteroatoms. The van der Waals surface area contributed by atoms with Crippen LogP contribution in [0.3, 0.4) is 0 Å². The first kappa shape index (κ1) is 12.4. The van der Waals surface area contributed by atoms with Crippen LogP contribution in [-0.2, 0) is 0 Å². The van der Waals surface area contributed by atoms with Crippen LogP contribution in [0.2, 0.25) is 0 Å². The van der Waals surface area contributed by atoms with Crippen molar-refractivity contribution in [3.05, 3.63) is 23.4 Å². The molecule has 0 amide bonds. The molecule has 0 saturated carbocycles. The van der Waals surface area contributed by atoms with Gasteiger partial charge in [0.1, 0.15) is 5.82 Å². The first-order valence-electron chi connectivity index (χ1n) is 6.69. The minimum Gasteiger partial charge on any atom is -0.356 e. The lowest BCUT2D eigenvalue weighted by Crippen LogP contribution is -2.30. The molecule has 94 valence electrons. The third-order valence-electron chi connectivity index (χ3n) is 3.60. The van der Waals surface area contributed by atoms with Gasteiger partial charge in [-0.1, -0.05) is 6.92 Å². The van der Waals surface area contributed by atoms with Crippen LogP contribution in [0.1, 0.15) is 49.8 Å². The van der Waals surface area contributed by atoms with Crippen LogP contribution < -0.4 is 10.6 Å². The van der Waals surface area contributed by atoms with Gasteiger partial charge in [0.15, 0.2) is 0 Å². The van der Waals surface area contributed by atoms with Crippen LogP contribution in [0.4, 0.5) is 5.82 Å². The first-order chi connectivity index (χ1) is 8.22. The van der Waals surface area contributed by atoms with Crippen LogP contribution >= 0.6 is 0 Å². The highest BCUT2D eigenvalue weighted by molar-refractivity contribution is 5.48.